The highest BCUT2D eigenvalue weighted by Gasteiger charge is 2.21. The Morgan fingerprint density at radius 1 is 1.05 bits per heavy atom. The molecule has 3 nitrogen and oxygen atoms in total. The lowest BCUT2D eigenvalue weighted by Gasteiger charge is -2.12. The zero-order valence-electron chi connectivity index (χ0n) is 12.6. The molecule has 2 aromatic carbocycles. The predicted molar refractivity (Wildman–Crippen MR) is 87.0 cm³/mol. The lowest BCUT2D eigenvalue weighted by atomic mass is 9.97. The average Bonchev–Trinajstić information content (AvgIpc) is 2.91. The highest BCUT2D eigenvalue weighted by Crippen LogP contribution is 2.35. The minimum absolute atomic E-state index is 0.194. The summed E-state index contributed by atoms with van der Waals surface area (Å²) < 4.78 is 5.96. The van der Waals surface area contributed by atoms with Crippen molar-refractivity contribution in [2.75, 3.05) is 0 Å². The standard InChI is InChI=1S/C19H20O3/c1-2-3-7-17-18(15-6-4-5-8-16(15)22-17)19(21)13-9-11-14(20)12-10-13/h4-6,8-12,19-21H,2-3,7H2,1H3. The Hall–Kier alpha value is -2.26. The predicted octanol–water partition coefficient (Wildman–Crippen LogP) is 4.56. The number of aliphatic hydroxyl groups is 1. The summed E-state index contributed by atoms with van der Waals surface area (Å²) in [5.74, 6) is 1.04. The van der Waals surface area contributed by atoms with Crippen molar-refractivity contribution in [3.8, 4) is 5.75 Å². The van der Waals surface area contributed by atoms with Crippen molar-refractivity contribution in [1.82, 2.24) is 0 Å². The molecule has 3 aromatic rings. The first-order chi connectivity index (χ1) is 10.7. The van der Waals surface area contributed by atoms with Crippen molar-refractivity contribution in [3.05, 3.63) is 65.4 Å². The second kappa shape index (κ2) is 6.24. The van der Waals surface area contributed by atoms with Gasteiger partial charge in [0.1, 0.15) is 23.2 Å². The molecule has 0 amide bonds. The molecule has 3 rings (SSSR count). The van der Waals surface area contributed by atoms with Crippen molar-refractivity contribution in [2.45, 2.75) is 32.3 Å². The highest BCUT2D eigenvalue weighted by atomic mass is 16.3. The number of phenols is 1. The van der Waals surface area contributed by atoms with Crippen LogP contribution < -0.4 is 0 Å². The fourth-order valence-corrected chi connectivity index (χ4v) is 2.76. The van der Waals surface area contributed by atoms with E-state index in [-0.39, 0.29) is 5.75 Å². The molecule has 3 heteroatoms. The third-order valence-corrected chi connectivity index (χ3v) is 3.95. The van der Waals surface area contributed by atoms with E-state index in [0.717, 1.165) is 47.1 Å². The van der Waals surface area contributed by atoms with Crippen LogP contribution in [0.2, 0.25) is 0 Å². The molecular formula is C19H20O3. The molecule has 0 spiro atoms. The Bertz CT molecular complexity index is 756. The van der Waals surface area contributed by atoms with Crippen LogP contribution >= 0.6 is 0 Å². The first kappa shape index (κ1) is 14.7. The van der Waals surface area contributed by atoms with Gasteiger partial charge in [0.2, 0.25) is 0 Å². The Morgan fingerprint density at radius 2 is 1.77 bits per heavy atom. The summed E-state index contributed by atoms with van der Waals surface area (Å²) in [6, 6.07) is 14.5. The van der Waals surface area contributed by atoms with E-state index in [1.807, 2.05) is 24.3 Å². The van der Waals surface area contributed by atoms with Gasteiger partial charge in [0.15, 0.2) is 0 Å². The SMILES string of the molecule is CCCCc1oc2ccccc2c1C(O)c1ccc(O)cc1. The summed E-state index contributed by atoms with van der Waals surface area (Å²) in [6.07, 6.45) is 2.16. The fourth-order valence-electron chi connectivity index (χ4n) is 2.76. The lowest BCUT2D eigenvalue weighted by Crippen LogP contribution is -2.02. The summed E-state index contributed by atoms with van der Waals surface area (Å²) >= 11 is 0. The number of phenolic OH excluding ortho intramolecular Hbond substituents is 1. The molecule has 0 saturated heterocycles. The number of unbranched alkanes of at least 4 members (excludes halogenated alkanes) is 1. The number of aromatic hydroxyl groups is 1. The largest absolute Gasteiger partial charge is 0.508 e. The number of para-hydroxylation sites is 1. The second-order valence-corrected chi connectivity index (χ2v) is 5.53. The lowest BCUT2D eigenvalue weighted by molar-refractivity contribution is 0.218. The third kappa shape index (κ3) is 2.72. The van der Waals surface area contributed by atoms with E-state index in [0.29, 0.717) is 0 Å². The Morgan fingerprint density at radius 3 is 2.50 bits per heavy atom. The number of fused-ring (bicyclic) bond motifs is 1. The zero-order valence-corrected chi connectivity index (χ0v) is 12.6. The fraction of sp³-hybridized carbons (Fsp3) is 0.263. The van der Waals surface area contributed by atoms with Crippen LogP contribution in [0, 0.1) is 0 Å². The van der Waals surface area contributed by atoms with Crippen molar-refractivity contribution in [2.24, 2.45) is 0 Å². The van der Waals surface area contributed by atoms with Crippen LogP contribution in [-0.2, 0) is 6.42 Å². The van der Waals surface area contributed by atoms with Crippen molar-refractivity contribution in [1.29, 1.82) is 0 Å². The van der Waals surface area contributed by atoms with Crippen molar-refractivity contribution in [3.63, 3.8) is 0 Å². The van der Waals surface area contributed by atoms with Crippen LogP contribution in [0.1, 0.15) is 42.8 Å². The van der Waals surface area contributed by atoms with Gasteiger partial charge in [-0.1, -0.05) is 43.7 Å². The molecule has 1 atom stereocenters. The second-order valence-electron chi connectivity index (χ2n) is 5.53. The van der Waals surface area contributed by atoms with Gasteiger partial charge in [-0.05, 0) is 30.2 Å². The zero-order chi connectivity index (χ0) is 15.5. The van der Waals surface area contributed by atoms with Gasteiger partial charge in [0.05, 0.1) is 0 Å². The normalized spacial score (nSPS) is 12.6. The van der Waals surface area contributed by atoms with Crippen molar-refractivity contribution < 1.29 is 14.6 Å². The summed E-state index contributed by atoms with van der Waals surface area (Å²) in [6.45, 7) is 2.14. The molecule has 0 aliphatic rings. The highest BCUT2D eigenvalue weighted by molar-refractivity contribution is 5.83. The van der Waals surface area contributed by atoms with E-state index in [1.54, 1.807) is 24.3 Å². The molecule has 22 heavy (non-hydrogen) atoms. The van der Waals surface area contributed by atoms with Gasteiger partial charge in [-0.2, -0.15) is 0 Å². The molecule has 0 radical (unpaired) electrons. The first-order valence-corrected chi connectivity index (χ1v) is 7.68. The van der Waals surface area contributed by atoms with Crippen LogP contribution in [0.15, 0.2) is 52.9 Å². The number of furan rings is 1. The number of benzene rings is 2. The quantitative estimate of drug-likeness (QED) is 0.725. The Balaban J connectivity index is 2.08. The van der Waals surface area contributed by atoms with Crippen molar-refractivity contribution >= 4 is 11.0 Å². The number of hydrogen-bond donors (Lipinski definition) is 2. The Labute approximate surface area is 129 Å². The number of aliphatic hydroxyl groups excluding tert-OH is 1. The van der Waals surface area contributed by atoms with Gasteiger partial charge in [-0.3, -0.25) is 0 Å². The van der Waals surface area contributed by atoms with Crippen LogP contribution in [0.4, 0.5) is 0 Å². The molecular weight excluding hydrogens is 276 g/mol. The molecule has 1 unspecified atom stereocenters. The van der Waals surface area contributed by atoms with E-state index in [9.17, 15) is 10.2 Å². The minimum Gasteiger partial charge on any atom is -0.508 e. The van der Waals surface area contributed by atoms with Crippen LogP contribution in [0.25, 0.3) is 11.0 Å². The number of aryl methyl sites for hydroxylation is 1. The van der Waals surface area contributed by atoms with E-state index < -0.39 is 6.10 Å². The molecule has 0 saturated carbocycles. The van der Waals surface area contributed by atoms with E-state index in [2.05, 4.69) is 6.92 Å². The molecule has 114 valence electrons. The number of rotatable bonds is 5. The smallest absolute Gasteiger partial charge is 0.134 e. The monoisotopic (exact) mass is 296 g/mol. The van der Waals surface area contributed by atoms with Gasteiger partial charge in [-0.15, -0.1) is 0 Å². The third-order valence-electron chi connectivity index (χ3n) is 3.95. The maximum atomic E-state index is 10.8. The van der Waals surface area contributed by atoms with Gasteiger partial charge in [-0.25, -0.2) is 0 Å². The maximum Gasteiger partial charge on any atom is 0.134 e. The van der Waals surface area contributed by atoms with Crippen LogP contribution in [0.5, 0.6) is 5.75 Å². The summed E-state index contributed by atoms with van der Waals surface area (Å²) in [5.41, 5.74) is 2.40. The number of hydrogen-bond acceptors (Lipinski definition) is 3. The first-order valence-electron chi connectivity index (χ1n) is 7.68. The van der Waals surface area contributed by atoms with Gasteiger partial charge in [0, 0.05) is 17.4 Å². The topological polar surface area (TPSA) is 53.6 Å². The van der Waals surface area contributed by atoms with E-state index >= 15 is 0 Å². The van der Waals surface area contributed by atoms with Gasteiger partial charge >= 0.3 is 0 Å². The molecule has 0 fully saturated rings. The molecule has 0 aliphatic heterocycles. The summed E-state index contributed by atoms with van der Waals surface area (Å²) in [4.78, 5) is 0. The van der Waals surface area contributed by atoms with Crippen LogP contribution in [0.3, 0.4) is 0 Å². The molecule has 1 aromatic heterocycles. The molecule has 1 heterocycles. The summed E-state index contributed by atoms with van der Waals surface area (Å²) in [7, 11) is 0. The average molecular weight is 296 g/mol. The van der Waals surface area contributed by atoms with E-state index in [4.69, 9.17) is 4.42 Å². The summed E-state index contributed by atoms with van der Waals surface area (Å²) in [5, 5.41) is 21.2. The van der Waals surface area contributed by atoms with Crippen LogP contribution in [-0.4, -0.2) is 10.2 Å². The molecule has 0 bridgehead atoms. The van der Waals surface area contributed by atoms with Gasteiger partial charge in [0.25, 0.3) is 0 Å². The Kier molecular flexibility index (Phi) is 4.16. The van der Waals surface area contributed by atoms with Gasteiger partial charge < -0.3 is 14.6 Å². The molecule has 2 N–H and O–H groups in total. The minimum atomic E-state index is -0.754. The molecule has 0 aliphatic carbocycles. The van der Waals surface area contributed by atoms with E-state index in [1.165, 1.54) is 0 Å². The maximum absolute atomic E-state index is 10.8.